The minimum atomic E-state index is -0.233. The van der Waals surface area contributed by atoms with Crippen LogP contribution in [0.2, 0.25) is 5.02 Å². The van der Waals surface area contributed by atoms with Gasteiger partial charge in [-0.1, -0.05) is 39.6 Å². The topological polar surface area (TPSA) is 70.6 Å². The molecule has 1 unspecified atom stereocenters. The number of nitrogens with one attached hydrogen (secondary N) is 1. The van der Waals surface area contributed by atoms with E-state index in [1.165, 1.54) is 0 Å². The van der Waals surface area contributed by atoms with Crippen molar-refractivity contribution in [1.29, 1.82) is 0 Å². The van der Waals surface area contributed by atoms with Crippen LogP contribution in [-0.2, 0) is 0 Å². The van der Waals surface area contributed by atoms with Crippen molar-refractivity contribution in [2.75, 3.05) is 5.32 Å². The Morgan fingerprint density at radius 1 is 1.69 bits per heavy atom. The lowest BCUT2D eigenvalue weighted by molar-refractivity contribution is 0.316. The Labute approximate surface area is 108 Å². The molecule has 4 N–H and O–H groups in total. The van der Waals surface area contributed by atoms with Gasteiger partial charge in [0.15, 0.2) is 5.84 Å². The second-order valence-electron chi connectivity index (χ2n) is 3.25. The Bertz CT molecular complexity index is 398. The number of benzene rings is 1. The van der Waals surface area contributed by atoms with E-state index in [1.54, 1.807) is 6.07 Å². The van der Waals surface area contributed by atoms with E-state index in [1.807, 2.05) is 19.1 Å². The van der Waals surface area contributed by atoms with Crippen LogP contribution in [-0.4, -0.2) is 17.1 Å². The lowest BCUT2D eigenvalue weighted by Gasteiger charge is -2.17. The van der Waals surface area contributed by atoms with Gasteiger partial charge in [0.05, 0.1) is 16.8 Å². The van der Waals surface area contributed by atoms with Crippen LogP contribution in [0, 0.1) is 0 Å². The van der Waals surface area contributed by atoms with Crippen LogP contribution in [0.15, 0.2) is 27.8 Å². The number of nitrogens with zero attached hydrogens (tertiary/aromatic N) is 1. The Morgan fingerprint density at radius 3 is 2.88 bits per heavy atom. The highest BCUT2D eigenvalue weighted by molar-refractivity contribution is 9.10. The Kier molecular flexibility index (Phi) is 4.89. The second kappa shape index (κ2) is 5.96. The van der Waals surface area contributed by atoms with E-state index >= 15 is 0 Å². The zero-order valence-electron chi connectivity index (χ0n) is 8.74. The van der Waals surface area contributed by atoms with Gasteiger partial charge in [0.25, 0.3) is 0 Å². The Morgan fingerprint density at radius 2 is 2.38 bits per heavy atom. The van der Waals surface area contributed by atoms with Crippen LogP contribution in [0.4, 0.5) is 5.69 Å². The van der Waals surface area contributed by atoms with E-state index in [0.717, 1.165) is 10.2 Å². The van der Waals surface area contributed by atoms with E-state index in [2.05, 4.69) is 26.4 Å². The number of anilines is 1. The molecule has 0 heterocycles. The molecule has 0 bridgehead atoms. The third kappa shape index (κ3) is 3.28. The van der Waals surface area contributed by atoms with Gasteiger partial charge >= 0.3 is 0 Å². The lowest BCUT2D eigenvalue weighted by atomic mass is 10.2. The molecule has 1 rings (SSSR count). The predicted octanol–water partition coefficient (Wildman–Crippen LogP) is 3.04. The maximum absolute atomic E-state index is 8.61. The van der Waals surface area contributed by atoms with Gasteiger partial charge in [-0.3, -0.25) is 0 Å². The molecule has 4 nitrogen and oxygen atoms in total. The molecule has 0 amide bonds. The van der Waals surface area contributed by atoms with Crippen LogP contribution in [0.1, 0.15) is 13.3 Å². The molecule has 6 heteroatoms. The summed E-state index contributed by atoms with van der Waals surface area (Å²) in [6.07, 6.45) is 0.697. The van der Waals surface area contributed by atoms with E-state index in [9.17, 15) is 0 Å². The number of hydrogen-bond donors (Lipinski definition) is 3. The summed E-state index contributed by atoms with van der Waals surface area (Å²) in [5.74, 6) is 0.140. The van der Waals surface area contributed by atoms with Crippen molar-refractivity contribution in [2.45, 2.75) is 19.4 Å². The summed E-state index contributed by atoms with van der Waals surface area (Å²) < 4.78 is 0.903. The minimum absolute atomic E-state index is 0.140. The summed E-state index contributed by atoms with van der Waals surface area (Å²) in [5, 5.41) is 15.3. The Balaban J connectivity index is 2.86. The van der Waals surface area contributed by atoms with Crippen LogP contribution >= 0.6 is 27.5 Å². The van der Waals surface area contributed by atoms with E-state index in [-0.39, 0.29) is 11.9 Å². The fourth-order valence-corrected chi connectivity index (χ4v) is 1.98. The fraction of sp³-hybridized carbons (Fsp3) is 0.300. The summed E-state index contributed by atoms with van der Waals surface area (Å²) in [7, 11) is 0. The first-order chi connectivity index (χ1) is 7.58. The molecule has 16 heavy (non-hydrogen) atoms. The van der Waals surface area contributed by atoms with Gasteiger partial charge in [0.1, 0.15) is 0 Å². The number of oxime groups is 1. The third-order valence-corrected chi connectivity index (χ3v) is 2.95. The first-order valence-electron chi connectivity index (χ1n) is 4.77. The summed E-state index contributed by atoms with van der Waals surface area (Å²) >= 11 is 9.36. The van der Waals surface area contributed by atoms with Gasteiger partial charge in [-0.2, -0.15) is 0 Å². The van der Waals surface area contributed by atoms with Crippen molar-refractivity contribution in [3.8, 4) is 0 Å². The van der Waals surface area contributed by atoms with E-state index < -0.39 is 0 Å². The van der Waals surface area contributed by atoms with Crippen molar-refractivity contribution in [3.05, 3.63) is 27.7 Å². The van der Waals surface area contributed by atoms with Crippen LogP contribution in [0.3, 0.4) is 0 Å². The summed E-state index contributed by atoms with van der Waals surface area (Å²) in [4.78, 5) is 0. The molecule has 0 saturated carbocycles. The quantitative estimate of drug-likeness (QED) is 0.346. The predicted molar refractivity (Wildman–Crippen MR) is 70.3 cm³/mol. The SMILES string of the molecule is CCC(Nc1ccc(Br)cc1Cl)C(N)=NO. The summed E-state index contributed by atoms with van der Waals surface area (Å²) in [5.41, 5.74) is 6.29. The minimum Gasteiger partial charge on any atom is -0.409 e. The molecule has 0 saturated heterocycles. The van der Waals surface area contributed by atoms with Gasteiger partial charge in [-0.15, -0.1) is 0 Å². The van der Waals surface area contributed by atoms with Gasteiger partial charge in [0.2, 0.25) is 0 Å². The fourth-order valence-electron chi connectivity index (χ4n) is 1.25. The normalized spacial score (nSPS) is 13.6. The van der Waals surface area contributed by atoms with Gasteiger partial charge in [-0.05, 0) is 24.6 Å². The molecule has 0 aliphatic carbocycles. The highest BCUT2D eigenvalue weighted by Crippen LogP contribution is 2.26. The summed E-state index contributed by atoms with van der Waals surface area (Å²) in [6, 6.07) is 5.25. The first kappa shape index (κ1) is 13.1. The number of hydrogen-bond acceptors (Lipinski definition) is 3. The number of rotatable bonds is 4. The molecule has 0 radical (unpaired) electrons. The van der Waals surface area contributed by atoms with Crippen molar-refractivity contribution >= 4 is 39.1 Å². The maximum Gasteiger partial charge on any atom is 0.161 e. The van der Waals surface area contributed by atoms with Crippen LogP contribution < -0.4 is 11.1 Å². The average molecular weight is 307 g/mol. The molecule has 0 aliphatic rings. The van der Waals surface area contributed by atoms with E-state index in [4.69, 9.17) is 22.5 Å². The van der Waals surface area contributed by atoms with Crippen molar-refractivity contribution in [1.82, 2.24) is 0 Å². The van der Waals surface area contributed by atoms with Gasteiger partial charge in [-0.25, -0.2) is 0 Å². The van der Waals surface area contributed by atoms with Crippen molar-refractivity contribution in [2.24, 2.45) is 10.9 Å². The molecule has 0 aromatic heterocycles. The maximum atomic E-state index is 8.61. The second-order valence-corrected chi connectivity index (χ2v) is 4.58. The highest BCUT2D eigenvalue weighted by atomic mass is 79.9. The zero-order chi connectivity index (χ0) is 12.1. The molecule has 0 fully saturated rings. The average Bonchev–Trinajstić information content (AvgIpc) is 2.27. The van der Waals surface area contributed by atoms with Gasteiger partial charge < -0.3 is 16.3 Å². The van der Waals surface area contributed by atoms with Crippen molar-refractivity contribution < 1.29 is 5.21 Å². The molecule has 1 aromatic carbocycles. The largest absolute Gasteiger partial charge is 0.409 e. The monoisotopic (exact) mass is 305 g/mol. The smallest absolute Gasteiger partial charge is 0.161 e. The number of amidine groups is 1. The highest BCUT2D eigenvalue weighted by Gasteiger charge is 2.12. The summed E-state index contributed by atoms with van der Waals surface area (Å²) in [6.45, 7) is 1.93. The van der Waals surface area contributed by atoms with E-state index in [0.29, 0.717) is 11.4 Å². The number of nitrogens with two attached hydrogens (primary N) is 1. The third-order valence-electron chi connectivity index (χ3n) is 2.14. The first-order valence-corrected chi connectivity index (χ1v) is 5.94. The van der Waals surface area contributed by atoms with Gasteiger partial charge in [0, 0.05) is 4.47 Å². The molecule has 88 valence electrons. The van der Waals surface area contributed by atoms with Crippen LogP contribution in [0.25, 0.3) is 0 Å². The molecule has 0 spiro atoms. The van der Waals surface area contributed by atoms with Crippen LogP contribution in [0.5, 0.6) is 0 Å². The molecule has 0 aliphatic heterocycles. The molecular weight excluding hydrogens is 293 g/mol. The molecular formula is C10H13BrClN3O. The number of halogens is 2. The lowest BCUT2D eigenvalue weighted by Crippen LogP contribution is -2.35. The standard InChI is InChI=1S/C10H13BrClN3O/c1-2-8(10(13)15-16)14-9-4-3-6(11)5-7(9)12/h3-5,8,14,16H,2H2,1H3,(H2,13,15). The Hall–Kier alpha value is -0.940. The molecule has 1 atom stereocenters. The van der Waals surface area contributed by atoms with Crippen molar-refractivity contribution in [3.63, 3.8) is 0 Å². The molecule has 1 aromatic rings. The zero-order valence-corrected chi connectivity index (χ0v) is 11.1.